The standard InChI is InChI=1S/C17H24O2/c1-15(2)11-16(3,14-7-5-4-6-8-14)13-17(12-15)18-9-10-19-17/h4-8H,9-13H2,1-3H3. The van der Waals surface area contributed by atoms with Crippen LogP contribution in [0.5, 0.6) is 0 Å². The Morgan fingerprint density at radius 2 is 1.47 bits per heavy atom. The van der Waals surface area contributed by atoms with Crippen LogP contribution < -0.4 is 0 Å². The maximum absolute atomic E-state index is 6.01. The number of hydrogen-bond donors (Lipinski definition) is 0. The minimum absolute atomic E-state index is 0.132. The average molecular weight is 260 g/mol. The molecule has 2 fully saturated rings. The van der Waals surface area contributed by atoms with Crippen LogP contribution >= 0.6 is 0 Å². The summed E-state index contributed by atoms with van der Waals surface area (Å²) in [5.41, 5.74) is 1.78. The lowest BCUT2D eigenvalue weighted by atomic mass is 9.59. The fourth-order valence-electron chi connectivity index (χ4n) is 4.31. The second kappa shape index (κ2) is 4.32. The third-order valence-electron chi connectivity index (χ3n) is 4.56. The van der Waals surface area contributed by atoms with E-state index < -0.39 is 0 Å². The summed E-state index contributed by atoms with van der Waals surface area (Å²) in [5, 5.41) is 0. The molecule has 1 saturated carbocycles. The van der Waals surface area contributed by atoms with Gasteiger partial charge in [0.1, 0.15) is 0 Å². The maximum atomic E-state index is 6.01. The van der Waals surface area contributed by atoms with Crippen molar-refractivity contribution in [3.05, 3.63) is 35.9 Å². The van der Waals surface area contributed by atoms with E-state index in [-0.39, 0.29) is 16.6 Å². The first-order valence-electron chi connectivity index (χ1n) is 7.27. The van der Waals surface area contributed by atoms with Crippen LogP contribution in [0.25, 0.3) is 0 Å². The largest absolute Gasteiger partial charge is 0.347 e. The Labute approximate surface area is 116 Å². The van der Waals surface area contributed by atoms with Gasteiger partial charge in [0.25, 0.3) is 0 Å². The summed E-state index contributed by atoms with van der Waals surface area (Å²) in [6.45, 7) is 8.50. The van der Waals surface area contributed by atoms with Crippen LogP contribution in [0, 0.1) is 5.41 Å². The molecule has 1 aliphatic heterocycles. The molecule has 2 heteroatoms. The molecule has 0 amide bonds. The van der Waals surface area contributed by atoms with Crippen LogP contribution in [-0.2, 0) is 14.9 Å². The second-order valence-electron chi connectivity index (χ2n) is 7.23. The van der Waals surface area contributed by atoms with E-state index in [0.717, 1.165) is 26.1 Å². The van der Waals surface area contributed by atoms with Crippen LogP contribution in [-0.4, -0.2) is 19.0 Å². The third kappa shape index (κ3) is 2.44. The molecule has 0 N–H and O–H groups in total. The molecule has 1 aromatic rings. The van der Waals surface area contributed by atoms with Gasteiger partial charge in [-0.2, -0.15) is 0 Å². The zero-order chi connectivity index (χ0) is 13.6. The lowest BCUT2D eigenvalue weighted by molar-refractivity contribution is -0.213. The summed E-state index contributed by atoms with van der Waals surface area (Å²) in [6.07, 6.45) is 3.15. The molecule has 0 bridgehead atoms. The van der Waals surface area contributed by atoms with Crippen molar-refractivity contribution in [3.8, 4) is 0 Å². The van der Waals surface area contributed by atoms with Crippen molar-refractivity contribution in [2.45, 2.75) is 51.2 Å². The SMILES string of the molecule is CC1(C)CC2(CC(C)(c3ccccc3)C1)OCCO2. The first-order chi connectivity index (χ1) is 8.93. The smallest absolute Gasteiger partial charge is 0.169 e. The third-order valence-corrected chi connectivity index (χ3v) is 4.56. The topological polar surface area (TPSA) is 18.5 Å². The van der Waals surface area contributed by atoms with Crippen molar-refractivity contribution in [2.75, 3.05) is 13.2 Å². The minimum atomic E-state index is -0.355. The molecule has 19 heavy (non-hydrogen) atoms. The Hall–Kier alpha value is -0.860. The average Bonchev–Trinajstić information content (AvgIpc) is 2.75. The van der Waals surface area contributed by atoms with Crippen molar-refractivity contribution in [1.82, 2.24) is 0 Å². The van der Waals surface area contributed by atoms with Crippen molar-refractivity contribution < 1.29 is 9.47 Å². The normalized spacial score (nSPS) is 32.6. The molecule has 1 atom stereocenters. The van der Waals surface area contributed by atoms with Gasteiger partial charge in [0.2, 0.25) is 0 Å². The molecule has 1 aliphatic carbocycles. The summed E-state index contributed by atoms with van der Waals surface area (Å²) in [7, 11) is 0. The highest BCUT2D eigenvalue weighted by molar-refractivity contribution is 5.27. The molecular weight excluding hydrogens is 236 g/mol. The van der Waals surface area contributed by atoms with E-state index in [0.29, 0.717) is 0 Å². The lowest BCUT2D eigenvalue weighted by Gasteiger charge is -2.50. The summed E-state index contributed by atoms with van der Waals surface area (Å²) < 4.78 is 12.0. The van der Waals surface area contributed by atoms with E-state index in [4.69, 9.17) is 9.47 Å². The van der Waals surface area contributed by atoms with Crippen LogP contribution in [0.15, 0.2) is 30.3 Å². The summed E-state index contributed by atoms with van der Waals surface area (Å²) in [6, 6.07) is 10.8. The molecule has 0 aromatic heterocycles. The summed E-state index contributed by atoms with van der Waals surface area (Å²) >= 11 is 0. The molecule has 2 aliphatic rings. The highest BCUT2D eigenvalue weighted by Crippen LogP contribution is 2.54. The molecule has 2 nitrogen and oxygen atoms in total. The maximum Gasteiger partial charge on any atom is 0.169 e. The van der Waals surface area contributed by atoms with Crippen molar-refractivity contribution in [2.24, 2.45) is 5.41 Å². The first-order valence-corrected chi connectivity index (χ1v) is 7.27. The van der Waals surface area contributed by atoms with Gasteiger partial charge in [-0.15, -0.1) is 0 Å². The fraction of sp³-hybridized carbons (Fsp3) is 0.647. The van der Waals surface area contributed by atoms with E-state index in [1.807, 2.05) is 0 Å². The fourth-order valence-corrected chi connectivity index (χ4v) is 4.31. The molecule has 1 saturated heterocycles. The lowest BCUT2D eigenvalue weighted by Crippen LogP contribution is -2.49. The zero-order valence-electron chi connectivity index (χ0n) is 12.2. The number of hydrogen-bond acceptors (Lipinski definition) is 2. The number of rotatable bonds is 1. The number of benzene rings is 1. The molecule has 0 radical (unpaired) electrons. The molecule has 1 unspecified atom stereocenters. The van der Waals surface area contributed by atoms with Crippen molar-refractivity contribution in [1.29, 1.82) is 0 Å². The highest BCUT2D eigenvalue weighted by Gasteiger charge is 2.53. The van der Waals surface area contributed by atoms with Gasteiger partial charge in [0, 0.05) is 12.8 Å². The van der Waals surface area contributed by atoms with Gasteiger partial charge < -0.3 is 9.47 Å². The monoisotopic (exact) mass is 260 g/mol. The molecule has 1 spiro atoms. The van der Waals surface area contributed by atoms with E-state index in [9.17, 15) is 0 Å². The molecule has 104 valence electrons. The van der Waals surface area contributed by atoms with Crippen LogP contribution in [0.3, 0.4) is 0 Å². The van der Waals surface area contributed by atoms with Gasteiger partial charge in [-0.3, -0.25) is 0 Å². The van der Waals surface area contributed by atoms with E-state index in [1.54, 1.807) is 0 Å². The minimum Gasteiger partial charge on any atom is -0.347 e. The first kappa shape index (κ1) is 13.1. The van der Waals surface area contributed by atoms with Gasteiger partial charge in [-0.05, 0) is 22.8 Å². The van der Waals surface area contributed by atoms with Gasteiger partial charge in [0.05, 0.1) is 13.2 Å². The Morgan fingerprint density at radius 1 is 0.842 bits per heavy atom. The predicted octanol–water partition coefficient (Wildman–Crippen LogP) is 3.90. The van der Waals surface area contributed by atoms with Crippen molar-refractivity contribution >= 4 is 0 Å². The van der Waals surface area contributed by atoms with Gasteiger partial charge in [-0.25, -0.2) is 0 Å². The zero-order valence-corrected chi connectivity index (χ0v) is 12.2. The van der Waals surface area contributed by atoms with E-state index in [1.165, 1.54) is 12.0 Å². The molecular formula is C17H24O2. The van der Waals surface area contributed by atoms with Crippen LogP contribution in [0.2, 0.25) is 0 Å². The molecule has 1 aromatic carbocycles. The van der Waals surface area contributed by atoms with E-state index >= 15 is 0 Å². The quantitative estimate of drug-likeness (QED) is 0.762. The Bertz CT molecular complexity index is 446. The predicted molar refractivity (Wildman–Crippen MR) is 76.1 cm³/mol. The van der Waals surface area contributed by atoms with Gasteiger partial charge >= 0.3 is 0 Å². The molecule has 1 heterocycles. The Balaban J connectivity index is 1.97. The molecule has 3 rings (SSSR count). The van der Waals surface area contributed by atoms with E-state index in [2.05, 4.69) is 51.1 Å². The Morgan fingerprint density at radius 3 is 2.11 bits per heavy atom. The number of ether oxygens (including phenoxy) is 2. The summed E-state index contributed by atoms with van der Waals surface area (Å²) in [5.74, 6) is -0.355. The van der Waals surface area contributed by atoms with Crippen LogP contribution in [0.1, 0.15) is 45.6 Å². The van der Waals surface area contributed by atoms with Gasteiger partial charge in [-0.1, -0.05) is 51.1 Å². The van der Waals surface area contributed by atoms with Gasteiger partial charge in [0.15, 0.2) is 5.79 Å². The Kier molecular flexibility index (Phi) is 2.99. The second-order valence-corrected chi connectivity index (χ2v) is 7.23. The van der Waals surface area contributed by atoms with Crippen molar-refractivity contribution in [3.63, 3.8) is 0 Å². The highest BCUT2D eigenvalue weighted by atomic mass is 16.7. The summed E-state index contributed by atoms with van der Waals surface area (Å²) in [4.78, 5) is 0. The van der Waals surface area contributed by atoms with Crippen LogP contribution in [0.4, 0.5) is 0 Å².